The van der Waals surface area contributed by atoms with E-state index in [1.54, 1.807) is 0 Å². The van der Waals surface area contributed by atoms with Crippen molar-refractivity contribution in [3.05, 3.63) is 114 Å². The first kappa shape index (κ1) is 18.1. The Kier molecular flexibility index (Phi) is 6.48. The van der Waals surface area contributed by atoms with Crippen LogP contribution in [0.4, 0.5) is 0 Å². The molecule has 3 aromatic rings. The van der Waals surface area contributed by atoms with Crippen LogP contribution in [-0.2, 0) is 10.3 Å². The van der Waals surface area contributed by atoms with Gasteiger partial charge in [-0.1, -0.05) is 91.0 Å². The Labute approximate surface area is 155 Å². The van der Waals surface area contributed by atoms with Gasteiger partial charge in [-0.15, -0.1) is 0 Å². The van der Waals surface area contributed by atoms with E-state index in [0.717, 1.165) is 16.7 Å². The third-order valence-electron chi connectivity index (χ3n) is 3.90. The molecule has 0 aliphatic carbocycles. The fourth-order valence-electron chi connectivity index (χ4n) is 2.91. The van der Waals surface area contributed by atoms with E-state index >= 15 is 0 Å². The minimum Gasteiger partial charge on any atom is -0.691 e. The van der Waals surface area contributed by atoms with E-state index in [-0.39, 0.29) is 25.5 Å². The molecule has 3 rings (SSSR count). The Morgan fingerprint density at radius 2 is 1.00 bits per heavy atom. The van der Waals surface area contributed by atoms with Crippen molar-refractivity contribution < 1.29 is 23.6 Å². The fraction of sp³-hybridized carbons (Fsp3) is 0.0909. The molecule has 0 aromatic heterocycles. The average Bonchev–Trinajstić information content (AvgIpc) is 2.65. The number of hydrogen-bond acceptors (Lipinski definition) is 1. The van der Waals surface area contributed by atoms with Crippen LogP contribution in [0.15, 0.2) is 91.0 Å². The van der Waals surface area contributed by atoms with E-state index < -0.39 is 5.60 Å². The van der Waals surface area contributed by atoms with Crippen LogP contribution in [0.25, 0.3) is 0 Å². The van der Waals surface area contributed by atoms with E-state index in [0.29, 0.717) is 0 Å². The predicted octanol–water partition coefficient (Wildman–Crippen LogP) is 1.59. The van der Waals surface area contributed by atoms with Crippen molar-refractivity contribution in [2.24, 2.45) is 0 Å². The van der Waals surface area contributed by atoms with Crippen LogP contribution in [0.1, 0.15) is 16.7 Å². The molecule has 0 N–H and O–H groups in total. The van der Waals surface area contributed by atoms with Crippen LogP contribution >= 0.6 is 0 Å². The standard InChI is InChI=1S/C22H17O.Li/c1-2-18-23-22(19-12-6-3-7-13-19,20-14-8-4-9-15-20)21-16-10-5-11-17-21;/h3-17H,18H2;/q-1;+1. The maximum absolute atomic E-state index is 7.30. The average molecular weight is 304 g/mol. The second kappa shape index (κ2) is 8.58. The molecule has 0 fully saturated rings. The fourth-order valence-corrected chi connectivity index (χ4v) is 2.91. The van der Waals surface area contributed by atoms with Gasteiger partial charge in [0.1, 0.15) is 5.60 Å². The van der Waals surface area contributed by atoms with Crippen LogP contribution in [0, 0.1) is 12.3 Å². The largest absolute Gasteiger partial charge is 1.00 e. The van der Waals surface area contributed by atoms with Crippen molar-refractivity contribution in [3.8, 4) is 5.92 Å². The molecular formula is C22H17LiO. The summed E-state index contributed by atoms with van der Waals surface area (Å²) in [6, 6.07) is 30.4. The Bertz CT molecular complexity index is 680. The minimum atomic E-state index is -0.752. The zero-order valence-electron chi connectivity index (χ0n) is 13.8. The van der Waals surface area contributed by atoms with E-state index in [9.17, 15) is 0 Å². The van der Waals surface area contributed by atoms with Gasteiger partial charge in [0.05, 0.1) is 6.61 Å². The maximum Gasteiger partial charge on any atom is 1.00 e. The molecule has 2 heteroatoms. The molecule has 0 bridgehead atoms. The summed E-state index contributed by atoms with van der Waals surface area (Å²) in [5.74, 6) is 2.36. The summed E-state index contributed by atoms with van der Waals surface area (Å²) in [7, 11) is 0. The second-order valence-electron chi connectivity index (χ2n) is 5.24. The van der Waals surface area contributed by atoms with Crippen LogP contribution in [0.3, 0.4) is 0 Å². The summed E-state index contributed by atoms with van der Waals surface area (Å²) in [5, 5.41) is 0. The summed E-state index contributed by atoms with van der Waals surface area (Å²) in [5.41, 5.74) is 2.35. The molecule has 0 saturated carbocycles. The van der Waals surface area contributed by atoms with Gasteiger partial charge >= 0.3 is 18.9 Å². The second-order valence-corrected chi connectivity index (χ2v) is 5.24. The van der Waals surface area contributed by atoms with Gasteiger partial charge in [-0.3, -0.25) is 0 Å². The van der Waals surface area contributed by atoms with Crippen LogP contribution < -0.4 is 18.9 Å². The molecule has 0 saturated heterocycles. The van der Waals surface area contributed by atoms with Gasteiger partial charge in [0, 0.05) is 0 Å². The summed E-state index contributed by atoms with van der Waals surface area (Å²) in [4.78, 5) is 0. The number of hydrogen-bond donors (Lipinski definition) is 0. The van der Waals surface area contributed by atoms with Crippen LogP contribution in [-0.4, -0.2) is 6.61 Å². The molecule has 112 valence electrons. The third-order valence-corrected chi connectivity index (χ3v) is 3.90. The molecule has 0 radical (unpaired) electrons. The normalized spacial score (nSPS) is 10.5. The van der Waals surface area contributed by atoms with Gasteiger partial charge in [-0.2, -0.15) is 0 Å². The van der Waals surface area contributed by atoms with Gasteiger partial charge in [0.25, 0.3) is 0 Å². The molecule has 24 heavy (non-hydrogen) atoms. The Balaban J connectivity index is 0.00000208. The summed E-state index contributed by atoms with van der Waals surface area (Å²) in [6.07, 6.45) is 7.30. The molecule has 0 unspecified atom stereocenters. The van der Waals surface area contributed by atoms with E-state index in [1.165, 1.54) is 0 Å². The first-order chi connectivity index (χ1) is 11.4. The molecule has 0 spiro atoms. The molecule has 0 heterocycles. The first-order valence-electron chi connectivity index (χ1n) is 7.58. The summed E-state index contributed by atoms with van der Waals surface area (Å²) >= 11 is 0. The summed E-state index contributed by atoms with van der Waals surface area (Å²) < 4.78 is 6.24. The minimum absolute atomic E-state index is 0. The first-order valence-corrected chi connectivity index (χ1v) is 7.58. The van der Waals surface area contributed by atoms with Crippen molar-refractivity contribution >= 4 is 0 Å². The zero-order valence-corrected chi connectivity index (χ0v) is 13.8. The molecule has 3 aromatic carbocycles. The van der Waals surface area contributed by atoms with Gasteiger partial charge in [-0.05, 0) is 16.7 Å². The molecular weight excluding hydrogens is 287 g/mol. The molecule has 0 aliphatic rings. The van der Waals surface area contributed by atoms with Crippen molar-refractivity contribution in [1.29, 1.82) is 0 Å². The van der Waals surface area contributed by atoms with Gasteiger partial charge in [0.15, 0.2) is 0 Å². The van der Waals surface area contributed by atoms with Crippen molar-refractivity contribution in [2.45, 2.75) is 5.60 Å². The third kappa shape index (κ3) is 3.48. The van der Waals surface area contributed by atoms with Crippen molar-refractivity contribution in [1.82, 2.24) is 0 Å². The summed E-state index contributed by atoms with van der Waals surface area (Å²) in [6.45, 7) is 0.124. The van der Waals surface area contributed by atoms with Crippen LogP contribution in [0.5, 0.6) is 0 Å². The molecule has 0 atom stereocenters. The number of rotatable bonds is 5. The van der Waals surface area contributed by atoms with Crippen molar-refractivity contribution in [3.63, 3.8) is 0 Å². The Hall–Kier alpha value is -2.22. The predicted molar refractivity (Wildman–Crippen MR) is 92.3 cm³/mol. The molecule has 1 nitrogen and oxygen atoms in total. The SMILES string of the molecule is [C-]#CCOC(c1ccccc1)(c1ccccc1)c1ccccc1.[Li+]. The number of ether oxygens (including phenoxy) is 1. The van der Waals surface area contributed by atoms with Crippen LogP contribution in [0.2, 0.25) is 0 Å². The van der Waals surface area contributed by atoms with E-state index in [1.807, 2.05) is 54.6 Å². The quantitative estimate of drug-likeness (QED) is 0.301. The Morgan fingerprint density at radius 1 is 0.667 bits per heavy atom. The Morgan fingerprint density at radius 3 is 1.29 bits per heavy atom. The van der Waals surface area contributed by atoms with Gasteiger partial charge in [0.2, 0.25) is 0 Å². The van der Waals surface area contributed by atoms with E-state index in [4.69, 9.17) is 11.2 Å². The topological polar surface area (TPSA) is 9.23 Å². The maximum atomic E-state index is 7.30. The van der Waals surface area contributed by atoms with Gasteiger partial charge in [-0.25, -0.2) is 0 Å². The molecule has 0 amide bonds. The van der Waals surface area contributed by atoms with Crippen molar-refractivity contribution in [2.75, 3.05) is 6.61 Å². The monoisotopic (exact) mass is 304 g/mol. The zero-order chi connectivity index (χ0) is 16.0. The molecule has 0 aliphatic heterocycles. The smallest absolute Gasteiger partial charge is 0.691 e. The number of benzene rings is 3. The van der Waals surface area contributed by atoms with Gasteiger partial charge < -0.3 is 17.1 Å². The van der Waals surface area contributed by atoms with E-state index in [2.05, 4.69) is 42.3 Å².